The second kappa shape index (κ2) is 6.70. The van der Waals surface area contributed by atoms with E-state index in [1.165, 1.54) is 4.90 Å². The lowest BCUT2D eigenvalue weighted by molar-refractivity contribution is 0.0926. The number of nitrogens with one attached hydrogen (secondary N) is 1. The Hall–Kier alpha value is -2.44. The van der Waals surface area contributed by atoms with Crippen molar-refractivity contribution in [3.8, 4) is 0 Å². The average Bonchev–Trinajstić information content (AvgIpc) is 2.83. The number of hydrogen-bond acceptors (Lipinski definition) is 4. The first-order valence-electron chi connectivity index (χ1n) is 8.55. The number of nitrogens with zero attached hydrogens (tertiary/aromatic N) is 1. The maximum absolute atomic E-state index is 12.8. The van der Waals surface area contributed by atoms with Gasteiger partial charge in [0.15, 0.2) is 0 Å². The second-order valence-electron chi connectivity index (χ2n) is 7.59. The molecule has 0 fully saturated rings. The fraction of sp³-hybridized carbons (Fsp3) is 0.300. The van der Waals surface area contributed by atoms with Crippen LogP contribution in [0.5, 0.6) is 0 Å². The molecule has 1 aliphatic heterocycles. The number of carbonyl (C=O) groups is 2. The third-order valence-electron chi connectivity index (χ3n) is 4.26. The zero-order valence-corrected chi connectivity index (χ0v) is 16.7. The normalized spacial score (nSPS) is 14.2. The molecule has 1 N–H and O–H groups in total. The van der Waals surface area contributed by atoms with Crippen LogP contribution in [-0.4, -0.2) is 20.9 Å². The van der Waals surface area contributed by atoms with Gasteiger partial charge in [0, 0.05) is 0 Å². The Kier molecular flexibility index (Phi) is 4.73. The van der Waals surface area contributed by atoms with Crippen molar-refractivity contribution < 1.29 is 14.1 Å². The van der Waals surface area contributed by atoms with Crippen LogP contribution in [0, 0.1) is 0 Å². The van der Waals surface area contributed by atoms with E-state index in [-0.39, 0.29) is 17.2 Å². The highest BCUT2D eigenvalue weighted by molar-refractivity contribution is 6.48. The first kappa shape index (κ1) is 18.4. The monoisotopic (exact) mass is 367 g/mol. The van der Waals surface area contributed by atoms with Crippen LogP contribution in [0.3, 0.4) is 0 Å². The standard InChI is InChI=1S/C20H23N2O3Si/c1-20(2,3)13-10-11-17(16(12-13)21-25-26(4)5)22-18(23)14-8-6-7-9-15(14)19(22)24/h6-12,21H,1-5H3. The van der Waals surface area contributed by atoms with Gasteiger partial charge in [-0.05, 0) is 48.3 Å². The third kappa shape index (κ3) is 3.30. The van der Waals surface area contributed by atoms with Crippen molar-refractivity contribution in [2.75, 3.05) is 10.4 Å². The van der Waals surface area contributed by atoms with Crippen LogP contribution in [0.2, 0.25) is 13.1 Å². The van der Waals surface area contributed by atoms with Gasteiger partial charge in [-0.25, -0.2) is 4.90 Å². The first-order valence-corrected chi connectivity index (χ1v) is 11.0. The largest absolute Gasteiger partial charge is 0.323 e. The Morgan fingerprint density at radius 1 is 0.962 bits per heavy atom. The van der Waals surface area contributed by atoms with E-state index in [9.17, 15) is 9.59 Å². The van der Waals surface area contributed by atoms with Crippen molar-refractivity contribution in [2.24, 2.45) is 0 Å². The van der Waals surface area contributed by atoms with Crippen molar-refractivity contribution >= 4 is 32.2 Å². The van der Waals surface area contributed by atoms with Crippen LogP contribution < -0.4 is 10.4 Å². The summed E-state index contributed by atoms with van der Waals surface area (Å²) >= 11 is 0. The molecule has 1 radical (unpaired) electrons. The smallest absolute Gasteiger partial charge is 0.266 e. The number of imide groups is 1. The summed E-state index contributed by atoms with van der Waals surface area (Å²) in [5.41, 5.74) is 5.98. The van der Waals surface area contributed by atoms with Crippen molar-refractivity contribution in [2.45, 2.75) is 39.3 Å². The van der Waals surface area contributed by atoms with E-state index in [2.05, 4.69) is 26.3 Å². The van der Waals surface area contributed by atoms with Gasteiger partial charge in [0.25, 0.3) is 11.8 Å². The van der Waals surface area contributed by atoms with Crippen LogP contribution in [0.15, 0.2) is 42.5 Å². The number of rotatable bonds is 4. The Morgan fingerprint density at radius 3 is 2.04 bits per heavy atom. The summed E-state index contributed by atoms with van der Waals surface area (Å²) in [6.45, 7) is 10.4. The van der Waals surface area contributed by atoms with Crippen molar-refractivity contribution in [1.82, 2.24) is 0 Å². The molecule has 26 heavy (non-hydrogen) atoms. The lowest BCUT2D eigenvalue weighted by Gasteiger charge is -2.24. The Morgan fingerprint density at radius 2 is 1.54 bits per heavy atom. The number of anilines is 2. The molecule has 0 unspecified atom stereocenters. The van der Waals surface area contributed by atoms with Gasteiger partial charge in [0.2, 0.25) is 9.04 Å². The van der Waals surface area contributed by atoms with E-state index in [4.69, 9.17) is 4.53 Å². The lowest BCUT2D eigenvalue weighted by Crippen LogP contribution is -2.30. The summed E-state index contributed by atoms with van der Waals surface area (Å²) in [4.78, 5) is 26.9. The molecule has 0 saturated carbocycles. The van der Waals surface area contributed by atoms with Gasteiger partial charge >= 0.3 is 0 Å². The van der Waals surface area contributed by atoms with E-state index < -0.39 is 9.04 Å². The number of benzene rings is 2. The van der Waals surface area contributed by atoms with Crippen LogP contribution in [0.25, 0.3) is 0 Å². The summed E-state index contributed by atoms with van der Waals surface area (Å²) in [6.07, 6.45) is 0. The van der Waals surface area contributed by atoms with Gasteiger partial charge in [-0.3, -0.25) is 15.1 Å². The van der Waals surface area contributed by atoms with Crippen LogP contribution >= 0.6 is 0 Å². The van der Waals surface area contributed by atoms with Gasteiger partial charge < -0.3 is 4.53 Å². The molecule has 2 amide bonds. The molecule has 1 heterocycles. The van der Waals surface area contributed by atoms with Crippen molar-refractivity contribution in [3.63, 3.8) is 0 Å². The predicted molar refractivity (Wildman–Crippen MR) is 105 cm³/mol. The molecule has 2 aromatic carbocycles. The maximum Gasteiger partial charge on any atom is 0.266 e. The van der Waals surface area contributed by atoms with Gasteiger partial charge in [-0.1, -0.05) is 39.0 Å². The molecule has 6 heteroatoms. The van der Waals surface area contributed by atoms with Gasteiger partial charge in [-0.15, -0.1) is 0 Å². The highest BCUT2D eigenvalue weighted by atomic mass is 28.3. The molecule has 1 aliphatic rings. The Labute approximate surface area is 155 Å². The molecule has 0 bridgehead atoms. The van der Waals surface area contributed by atoms with Gasteiger partial charge in [-0.2, -0.15) is 0 Å². The first-order chi connectivity index (χ1) is 12.2. The molecule has 3 rings (SSSR count). The average molecular weight is 368 g/mol. The SMILES string of the molecule is C[Si](C)ONc1cc(C(C)(C)C)ccc1N1C(=O)c2ccccc2C1=O. The van der Waals surface area contributed by atoms with Gasteiger partial charge in [0.1, 0.15) is 0 Å². The van der Waals surface area contributed by atoms with Crippen molar-refractivity contribution in [3.05, 3.63) is 59.2 Å². The van der Waals surface area contributed by atoms with E-state index >= 15 is 0 Å². The Balaban J connectivity index is 2.07. The lowest BCUT2D eigenvalue weighted by atomic mass is 9.86. The third-order valence-corrected chi connectivity index (χ3v) is 4.77. The number of hydrogen-bond donors (Lipinski definition) is 1. The zero-order chi connectivity index (χ0) is 19.1. The molecule has 5 nitrogen and oxygen atoms in total. The minimum absolute atomic E-state index is 0.0663. The highest BCUT2D eigenvalue weighted by Gasteiger charge is 2.37. The maximum atomic E-state index is 12.8. The summed E-state index contributed by atoms with van der Waals surface area (Å²) in [7, 11) is -0.999. The molecule has 0 aliphatic carbocycles. The van der Waals surface area contributed by atoms with E-state index in [1.807, 2.05) is 31.3 Å². The van der Waals surface area contributed by atoms with Gasteiger partial charge in [0.05, 0.1) is 22.5 Å². The molecule has 0 aromatic heterocycles. The molecular formula is C20H23N2O3Si. The second-order valence-corrected chi connectivity index (χ2v) is 9.61. The minimum Gasteiger partial charge on any atom is -0.323 e. The van der Waals surface area contributed by atoms with Crippen LogP contribution in [0.1, 0.15) is 47.1 Å². The number of amides is 2. The summed E-state index contributed by atoms with van der Waals surface area (Å²) in [5.74, 6) is -0.619. The van der Waals surface area contributed by atoms with E-state index in [0.717, 1.165) is 5.56 Å². The molecule has 0 spiro atoms. The quantitative estimate of drug-likeness (QED) is 0.495. The predicted octanol–water partition coefficient (Wildman–Crippen LogP) is 4.38. The number of carbonyl (C=O) groups excluding carboxylic acids is 2. The molecular weight excluding hydrogens is 344 g/mol. The van der Waals surface area contributed by atoms with Crippen molar-refractivity contribution in [1.29, 1.82) is 0 Å². The fourth-order valence-corrected chi connectivity index (χ4v) is 3.16. The topological polar surface area (TPSA) is 58.6 Å². The summed E-state index contributed by atoms with van der Waals surface area (Å²) in [6, 6.07) is 12.6. The summed E-state index contributed by atoms with van der Waals surface area (Å²) in [5, 5.41) is 0. The van der Waals surface area contributed by atoms with Crippen LogP contribution in [0.4, 0.5) is 11.4 Å². The molecule has 2 aromatic rings. The van der Waals surface area contributed by atoms with E-state index in [1.54, 1.807) is 24.3 Å². The fourth-order valence-electron chi connectivity index (χ4n) is 2.84. The Bertz CT molecular complexity index is 837. The highest BCUT2D eigenvalue weighted by Crippen LogP contribution is 2.36. The molecule has 0 saturated heterocycles. The minimum atomic E-state index is -0.999. The van der Waals surface area contributed by atoms with Crippen LogP contribution in [-0.2, 0) is 9.94 Å². The number of fused-ring (bicyclic) bond motifs is 1. The summed E-state index contributed by atoms with van der Waals surface area (Å²) < 4.78 is 5.65. The molecule has 135 valence electrons. The molecule has 0 atom stereocenters. The zero-order valence-electron chi connectivity index (χ0n) is 15.7. The van der Waals surface area contributed by atoms with E-state index in [0.29, 0.717) is 22.5 Å².